The Morgan fingerprint density at radius 3 is 2.07 bits per heavy atom. The molecule has 0 spiro atoms. The van der Waals surface area contributed by atoms with Gasteiger partial charge in [0.15, 0.2) is 23.0 Å². The van der Waals surface area contributed by atoms with Crippen LogP contribution in [0, 0.1) is 0 Å². The van der Waals surface area contributed by atoms with Gasteiger partial charge in [-0.1, -0.05) is 60.7 Å². The van der Waals surface area contributed by atoms with Gasteiger partial charge in [-0.15, -0.1) is 0 Å². The molecule has 2 atom stereocenters. The van der Waals surface area contributed by atoms with E-state index in [0.29, 0.717) is 42.3 Å². The Labute approximate surface area is 246 Å². The fourth-order valence-electron chi connectivity index (χ4n) is 6.54. The maximum Gasteiger partial charge on any atom is 0.231 e. The molecule has 0 saturated carbocycles. The zero-order valence-corrected chi connectivity index (χ0v) is 24.0. The number of fused-ring (bicyclic) bond motifs is 3. The molecule has 0 N–H and O–H groups in total. The smallest absolute Gasteiger partial charge is 0.231 e. The Balaban J connectivity index is 1.30. The van der Waals surface area contributed by atoms with Crippen LogP contribution >= 0.6 is 0 Å². The highest BCUT2D eigenvalue weighted by Crippen LogP contribution is 2.54. The number of hydrogen-bond acceptors (Lipinski definition) is 7. The van der Waals surface area contributed by atoms with Crippen molar-refractivity contribution in [3.63, 3.8) is 0 Å². The summed E-state index contributed by atoms with van der Waals surface area (Å²) in [6, 6.07) is 27.0. The third kappa shape index (κ3) is 4.88. The van der Waals surface area contributed by atoms with E-state index in [1.807, 2.05) is 48.5 Å². The zero-order valence-electron chi connectivity index (χ0n) is 24.0. The van der Waals surface area contributed by atoms with E-state index >= 15 is 0 Å². The fourth-order valence-corrected chi connectivity index (χ4v) is 6.54. The SMILES string of the molecule is COc1cc([C@@H]2c3cc4c(c(OCc5ccccc5)c3C[C@@H]3CCCN32)OCO4)cc(OC)c1OCc1ccccc1. The predicted octanol–water partition coefficient (Wildman–Crippen LogP) is 6.70. The molecule has 3 aliphatic heterocycles. The molecule has 0 aliphatic carbocycles. The summed E-state index contributed by atoms with van der Waals surface area (Å²) in [4.78, 5) is 2.60. The summed E-state index contributed by atoms with van der Waals surface area (Å²) < 4.78 is 36.5. The molecular formula is C35H35NO6. The maximum absolute atomic E-state index is 6.56. The van der Waals surface area contributed by atoms with E-state index in [-0.39, 0.29) is 12.8 Å². The van der Waals surface area contributed by atoms with E-state index in [9.17, 15) is 0 Å². The number of rotatable bonds is 9. The van der Waals surface area contributed by atoms with Gasteiger partial charge in [-0.2, -0.15) is 0 Å². The predicted molar refractivity (Wildman–Crippen MR) is 159 cm³/mol. The first-order valence-electron chi connectivity index (χ1n) is 14.5. The standard InChI is InChI=1S/C35H35NO6/c1-37-29-16-25(17-30(38-2)34(29)40-21-24-12-7-4-8-13-24)32-27-19-31-35(42-22-41-31)33(39-20-23-10-5-3-6-11-23)28(27)18-26-14-9-15-36(26)32/h3-8,10-13,16-17,19,26,32H,9,14-15,18,20-22H2,1-2H3/t26-,32+/m0/s1. The molecule has 3 aliphatic rings. The summed E-state index contributed by atoms with van der Waals surface area (Å²) in [7, 11) is 3.35. The fraction of sp³-hybridized carbons (Fsp3) is 0.314. The Morgan fingerprint density at radius 1 is 0.786 bits per heavy atom. The number of nitrogens with zero attached hydrogens (tertiary/aromatic N) is 1. The molecule has 1 fully saturated rings. The number of methoxy groups -OCH3 is 2. The van der Waals surface area contributed by atoms with Crippen molar-refractivity contribution >= 4 is 0 Å². The molecule has 4 aromatic carbocycles. The molecule has 216 valence electrons. The normalized spacial score (nSPS) is 18.7. The van der Waals surface area contributed by atoms with Crippen molar-refractivity contribution in [3.05, 3.63) is 107 Å². The van der Waals surface area contributed by atoms with Crippen molar-refractivity contribution in [3.8, 4) is 34.5 Å². The molecular weight excluding hydrogens is 530 g/mol. The number of hydrogen-bond donors (Lipinski definition) is 0. The van der Waals surface area contributed by atoms with E-state index in [2.05, 4.69) is 35.2 Å². The molecule has 7 rings (SSSR count). The Bertz CT molecular complexity index is 1530. The van der Waals surface area contributed by atoms with Gasteiger partial charge in [-0.25, -0.2) is 0 Å². The second kappa shape index (κ2) is 11.5. The van der Waals surface area contributed by atoms with Crippen LogP contribution < -0.4 is 28.4 Å². The highest BCUT2D eigenvalue weighted by atomic mass is 16.7. The highest BCUT2D eigenvalue weighted by molar-refractivity contribution is 5.64. The summed E-state index contributed by atoms with van der Waals surface area (Å²) in [5.74, 6) is 4.10. The lowest BCUT2D eigenvalue weighted by atomic mass is 9.84. The Morgan fingerprint density at radius 2 is 1.43 bits per heavy atom. The molecule has 7 heteroatoms. The van der Waals surface area contributed by atoms with Crippen molar-refractivity contribution in [2.24, 2.45) is 0 Å². The van der Waals surface area contributed by atoms with Crippen LogP contribution in [0.15, 0.2) is 78.9 Å². The Hall–Kier alpha value is -4.36. The minimum absolute atomic E-state index is 0.0270. The largest absolute Gasteiger partial charge is 0.493 e. The first-order chi connectivity index (χ1) is 20.7. The second-order valence-electron chi connectivity index (χ2n) is 11.0. The van der Waals surface area contributed by atoms with Gasteiger partial charge in [-0.05, 0) is 66.3 Å². The number of benzene rings is 4. The van der Waals surface area contributed by atoms with Crippen molar-refractivity contribution in [2.75, 3.05) is 27.6 Å². The lowest BCUT2D eigenvalue weighted by Crippen LogP contribution is -2.40. The van der Waals surface area contributed by atoms with Crippen LogP contribution in [0.5, 0.6) is 34.5 Å². The van der Waals surface area contributed by atoms with Crippen LogP contribution in [0.4, 0.5) is 0 Å². The quantitative estimate of drug-likeness (QED) is 0.224. The third-order valence-corrected chi connectivity index (χ3v) is 8.50. The molecule has 1 saturated heterocycles. The first-order valence-corrected chi connectivity index (χ1v) is 14.5. The van der Waals surface area contributed by atoms with Crippen molar-refractivity contribution in [1.82, 2.24) is 4.90 Å². The first kappa shape index (κ1) is 26.5. The molecule has 0 bridgehead atoms. The molecule has 4 aromatic rings. The molecule has 0 unspecified atom stereocenters. The van der Waals surface area contributed by atoms with Crippen LogP contribution in [-0.4, -0.2) is 38.5 Å². The van der Waals surface area contributed by atoms with E-state index < -0.39 is 0 Å². The second-order valence-corrected chi connectivity index (χ2v) is 11.0. The van der Waals surface area contributed by atoms with Gasteiger partial charge in [-0.3, -0.25) is 4.90 Å². The molecule has 0 amide bonds. The lowest BCUT2D eigenvalue weighted by molar-refractivity contribution is 0.168. The van der Waals surface area contributed by atoms with Crippen LogP contribution in [0.2, 0.25) is 0 Å². The van der Waals surface area contributed by atoms with Gasteiger partial charge in [0, 0.05) is 11.6 Å². The highest BCUT2D eigenvalue weighted by Gasteiger charge is 2.42. The average Bonchev–Trinajstić information content (AvgIpc) is 3.71. The molecule has 7 nitrogen and oxygen atoms in total. The van der Waals surface area contributed by atoms with Crippen LogP contribution in [-0.2, 0) is 19.6 Å². The molecule has 42 heavy (non-hydrogen) atoms. The Kier molecular flexibility index (Phi) is 7.26. The van der Waals surface area contributed by atoms with Crippen LogP contribution in [0.3, 0.4) is 0 Å². The third-order valence-electron chi connectivity index (χ3n) is 8.50. The molecule has 3 heterocycles. The van der Waals surface area contributed by atoms with Gasteiger partial charge in [0.05, 0.1) is 20.3 Å². The van der Waals surface area contributed by atoms with Gasteiger partial charge in [0.2, 0.25) is 18.3 Å². The topological polar surface area (TPSA) is 58.6 Å². The van der Waals surface area contributed by atoms with E-state index in [1.54, 1.807) is 14.2 Å². The minimum Gasteiger partial charge on any atom is -0.493 e. The van der Waals surface area contributed by atoms with Crippen molar-refractivity contribution in [2.45, 2.75) is 44.6 Å². The van der Waals surface area contributed by atoms with Crippen molar-refractivity contribution < 1.29 is 28.4 Å². The van der Waals surface area contributed by atoms with E-state index in [4.69, 9.17) is 28.4 Å². The summed E-state index contributed by atoms with van der Waals surface area (Å²) in [6.07, 6.45) is 3.18. The van der Waals surface area contributed by atoms with Gasteiger partial charge in [0.1, 0.15) is 13.2 Å². The molecule has 0 aromatic heterocycles. The van der Waals surface area contributed by atoms with E-state index in [0.717, 1.165) is 54.0 Å². The van der Waals surface area contributed by atoms with Crippen LogP contribution in [0.25, 0.3) is 0 Å². The summed E-state index contributed by atoms with van der Waals surface area (Å²) in [5, 5.41) is 0. The average molecular weight is 566 g/mol. The minimum atomic E-state index is -0.0270. The molecule has 0 radical (unpaired) electrons. The summed E-state index contributed by atoms with van der Waals surface area (Å²) in [6.45, 7) is 2.08. The monoisotopic (exact) mass is 565 g/mol. The van der Waals surface area contributed by atoms with Crippen molar-refractivity contribution in [1.29, 1.82) is 0 Å². The maximum atomic E-state index is 6.56. The number of ether oxygens (including phenoxy) is 6. The van der Waals surface area contributed by atoms with Gasteiger partial charge >= 0.3 is 0 Å². The van der Waals surface area contributed by atoms with Crippen LogP contribution in [0.1, 0.15) is 46.7 Å². The van der Waals surface area contributed by atoms with E-state index in [1.165, 1.54) is 11.1 Å². The zero-order chi connectivity index (χ0) is 28.5. The van der Waals surface area contributed by atoms with Gasteiger partial charge in [0.25, 0.3) is 0 Å². The summed E-state index contributed by atoms with van der Waals surface area (Å²) >= 11 is 0. The summed E-state index contributed by atoms with van der Waals surface area (Å²) in [5.41, 5.74) is 5.62. The lowest BCUT2D eigenvalue weighted by Gasteiger charge is -2.40. The van der Waals surface area contributed by atoms with Gasteiger partial charge < -0.3 is 28.4 Å².